The van der Waals surface area contributed by atoms with Crippen LogP contribution in [-0.4, -0.2) is 18.9 Å². The number of sulfonamides is 1. The second kappa shape index (κ2) is 4.95. The number of hydrogen-bond acceptors (Lipinski definition) is 5. The summed E-state index contributed by atoms with van der Waals surface area (Å²) < 4.78 is 26.4. The second-order valence-corrected chi connectivity index (χ2v) is 6.20. The summed E-state index contributed by atoms with van der Waals surface area (Å²) in [5.74, 6) is 0. The Bertz CT molecular complexity index is 659. The number of aryl methyl sites for hydroxylation is 1. The molecule has 1 rings (SSSR count). The van der Waals surface area contributed by atoms with E-state index in [9.17, 15) is 18.5 Å². The van der Waals surface area contributed by atoms with Gasteiger partial charge in [-0.15, -0.1) is 0 Å². The molecule has 0 saturated carbocycles. The van der Waals surface area contributed by atoms with E-state index < -0.39 is 20.5 Å². The monoisotopic (exact) mass is 283 g/mol. The van der Waals surface area contributed by atoms with Crippen LogP contribution in [0.25, 0.3) is 0 Å². The maximum Gasteiger partial charge on any atom is 0.270 e. The number of benzene rings is 1. The molecular weight excluding hydrogens is 270 g/mol. The average Bonchev–Trinajstić information content (AvgIpc) is 2.27. The Balaban J connectivity index is 3.33. The predicted octanol–water partition coefficient (Wildman–Crippen LogP) is 1.48. The van der Waals surface area contributed by atoms with Gasteiger partial charge in [0.15, 0.2) is 0 Å². The van der Waals surface area contributed by atoms with Gasteiger partial charge in [-0.1, -0.05) is 6.07 Å². The zero-order valence-electron chi connectivity index (χ0n) is 10.7. The van der Waals surface area contributed by atoms with Crippen molar-refractivity contribution in [3.8, 4) is 6.07 Å². The fraction of sp³-hybridized carbons (Fsp3) is 0.364. The quantitative estimate of drug-likeness (QED) is 0.664. The Morgan fingerprint density at radius 2 is 2.00 bits per heavy atom. The lowest BCUT2D eigenvalue weighted by Crippen LogP contribution is -2.42. The Labute approximate surface area is 111 Å². The van der Waals surface area contributed by atoms with Gasteiger partial charge >= 0.3 is 0 Å². The summed E-state index contributed by atoms with van der Waals surface area (Å²) >= 11 is 0. The van der Waals surface area contributed by atoms with Crippen molar-refractivity contribution in [2.24, 2.45) is 0 Å². The molecule has 19 heavy (non-hydrogen) atoms. The van der Waals surface area contributed by atoms with E-state index in [0.717, 1.165) is 6.07 Å². The smallest absolute Gasteiger partial charge is 0.258 e. The first kappa shape index (κ1) is 15.1. The van der Waals surface area contributed by atoms with E-state index in [2.05, 4.69) is 4.72 Å². The SMILES string of the molecule is Cc1ccc([N+](=O)[O-])cc1S(=O)(=O)NC(C)(C)C#N. The third kappa shape index (κ3) is 3.49. The zero-order valence-corrected chi connectivity index (χ0v) is 11.5. The molecular formula is C11H13N3O4S. The predicted molar refractivity (Wildman–Crippen MR) is 67.8 cm³/mol. The molecule has 0 amide bonds. The van der Waals surface area contributed by atoms with Gasteiger partial charge in [-0.3, -0.25) is 10.1 Å². The molecule has 1 aromatic rings. The number of hydrogen-bond donors (Lipinski definition) is 1. The molecule has 0 heterocycles. The molecule has 8 heteroatoms. The van der Waals surface area contributed by atoms with Crippen LogP contribution >= 0.6 is 0 Å². The van der Waals surface area contributed by atoms with E-state index in [-0.39, 0.29) is 10.6 Å². The lowest BCUT2D eigenvalue weighted by atomic mass is 10.1. The number of non-ortho nitro benzene ring substituents is 1. The standard InChI is InChI=1S/C11H13N3O4S/c1-8-4-5-9(14(15)16)6-10(8)19(17,18)13-11(2,3)7-12/h4-6,13H,1-3H3. The van der Waals surface area contributed by atoms with Gasteiger partial charge in [-0.2, -0.15) is 9.98 Å². The molecule has 0 saturated heterocycles. The second-order valence-electron chi connectivity index (χ2n) is 4.55. The topological polar surface area (TPSA) is 113 Å². The number of nitro groups is 1. The maximum atomic E-state index is 12.1. The van der Waals surface area contributed by atoms with Crippen LogP contribution in [0, 0.1) is 28.4 Å². The minimum atomic E-state index is -3.99. The molecule has 0 spiro atoms. The minimum absolute atomic E-state index is 0.204. The van der Waals surface area contributed by atoms with Crippen molar-refractivity contribution < 1.29 is 13.3 Å². The molecule has 7 nitrogen and oxygen atoms in total. The van der Waals surface area contributed by atoms with Crippen molar-refractivity contribution in [2.75, 3.05) is 0 Å². The average molecular weight is 283 g/mol. The summed E-state index contributed by atoms with van der Waals surface area (Å²) in [5.41, 5.74) is -1.25. The van der Waals surface area contributed by atoms with E-state index >= 15 is 0 Å². The van der Waals surface area contributed by atoms with Gasteiger partial charge in [0.25, 0.3) is 5.69 Å². The van der Waals surface area contributed by atoms with Crippen molar-refractivity contribution in [3.05, 3.63) is 33.9 Å². The van der Waals surface area contributed by atoms with Gasteiger partial charge in [0.2, 0.25) is 10.0 Å². The highest BCUT2D eigenvalue weighted by Crippen LogP contribution is 2.22. The van der Waals surface area contributed by atoms with Crippen LogP contribution in [0.2, 0.25) is 0 Å². The van der Waals surface area contributed by atoms with Crippen LogP contribution in [0.4, 0.5) is 5.69 Å². The molecule has 102 valence electrons. The van der Waals surface area contributed by atoms with Crippen LogP contribution < -0.4 is 4.72 Å². The van der Waals surface area contributed by atoms with Crippen molar-refractivity contribution in [1.29, 1.82) is 5.26 Å². The normalized spacial score (nSPS) is 11.9. The largest absolute Gasteiger partial charge is 0.270 e. The minimum Gasteiger partial charge on any atom is -0.258 e. The molecule has 1 aromatic carbocycles. The lowest BCUT2D eigenvalue weighted by molar-refractivity contribution is -0.385. The fourth-order valence-corrected chi connectivity index (χ4v) is 3.00. The van der Waals surface area contributed by atoms with E-state index in [1.54, 1.807) is 6.07 Å². The molecule has 0 aliphatic rings. The summed E-state index contributed by atoms with van der Waals surface area (Å²) in [7, 11) is -3.99. The molecule has 0 atom stereocenters. The Hall–Kier alpha value is -1.98. The van der Waals surface area contributed by atoms with E-state index in [1.165, 1.54) is 32.9 Å². The van der Waals surface area contributed by atoms with Gasteiger partial charge in [-0.25, -0.2) is 8.42 Å². The highest BCUT2D eigenvalue weighted by atomic mass is 32.2. The molecule has 0 aliphatic heterocycles. The third-order valence-corrected chi connectivity index (χ3v) is 4.14. The maximum absolute atomic E-state index is 12.1. The number of nitrogens with zero attached hydrogens (tertiary/aromatic N) is 2. The molecule has 0 aliphatic carbocycles. The molecule has 1 N–H and O–H groups in total. The first-order chi connectivity index (χ1) is 8.59. The fourth-order valence-electron chi connectivity index (χ4n) is 1.41. The van der Waals surface area contributed by atoms with Gasteiger partial charge in [-0.05, 0) is 26.3 Å². The van der Waals surface area contributed by atoms with Gasteiger partial charge in [0.1, 0.15) is 5.54 Å². The summed E-state index contributed by atoms with van der Waals surface area (Å²) in [6.07, 6.45) is 0. The van der Waals surface area contributed by atoms with Crippen molar-refractivity contribution >= 4 is 15.7 Å². The Morgan fingerprint density at radius 1 is 1.42 bits per heavy atom. The van der Waals surface area contributed by atoms with Crippen LogP contribution in [0.15, 0.2) is 23.1 Å². The number of nitrogens with one attached hydrogen (secondary N) is 1. The summed E-state index contributed by atoms with van der Waals surface area (Å²) in [6.45, 7) is 4.33. The van der Waals surface area contributed by atoms with Crippen LogP contribution in [-0.2, 0) is 10.0 Å². The lowest BCUT2D eigenvalue weighted by Gasteiger charge is -2.18. The van der Waals surface area contributed by atoms with E-state index in [4.69, 9.17) is 5.26 Å². The Kier molecular flexibility index (Phi) is 3.93. The van der Waals surface area contributed by atoms with Crippen molar-refractivity contribution in [3.63, 3.8) is 0 Å². The summed E-state index contributed by atoms with van der Waals surface area (Å²) in [5, 5.41) is 19.5. The van der Waals surface area contributed by atoms with Crippen molar-refractivity contribution in [2.45, 2.75) is 31.2 Å². The van der Waals surface area contributed by atoms with E-state index in [1.807, 2.05) is 0 Å². The van der Waals surface area contributed by atoms with Gasteiger partial charge < -0.3 is 0 Å². The van der Waals surface area contributed by atoms with Crippen LogP contribution in [0.3, 0.4) is 0 Å². The van der Waals surface area contributed by atoms with Gasteiger partial charge in [0, 0.05) is 12.1 Å². The highest BCUT2D eigenvalue weighted by molar-refractivity contribution is 7.89. The summed E-state index contributed by atoms with van der Waals surface area (Å²) in [4.78, 5) is 9.79. The van der Waals surface area contributed by atoms with Crippen LogP contribution in [0.1, 0.15) is 19.4 Å². The highest BCUT2D eigenvalue weighted by Gasteiger charge is 2.28. The Morgan fingerprint density at radius 3 is 2.47 bits per heavy atom. The summed E-state index contributed by atoms with van der Waals surface area (Å²) in [6, 6.07) is 5.36. The molecule has 0 radical (unpaired) electrons. The third-order valence-electron chi connectivity index (χ3n) is 2.34. The first-order valence-electron chi connectivity index (χ1n) is 5.29. The first-order valence-corrected chi connectivity index (χ1v) is 6.78. The van der Waals surface area contributed by atoms with Gasteiger partial charge in [0.05, 0.1) is 15.9 Å². The number of rotatable bonds is 4. The van der Waals surface area contributed by atoms with Crippen LogP contribution in [0.5, 0.6) is 0 Å². The number of nitro benzene ring substituents is 1. The van der Waals surface area contributed by atoms with Crippen molar-refractivity contribution in [1.82, 2.24) is 4.72 Å². The molecule has 0 unspecified atom stereocenters. The molecule has 0 aromatic heterocycles. The molecule has 0 fully saturated rings. The van der Waals surface area contributed by atoms with E-state index in [0.29, 0.717) is 5.56 Å². The molecule has 0 bridgehead atoms. The number of nitriles is 1. The zero-order chi connectivity index (χ0) is 14.8.